The molecule has 0 heterocycles. The van der Waals surface area contributed by atoms with Gasteiger partial charge in [0.2, 0.25) is 0 Å². The van der Waals surface area contributed by atoms with Crippen molar-refractivity contribution in [2.75, 3.05) is 6.61 Å². The van der Waals surface area contributed by atoms with Gasteiger partial charge >= 0.3 is 5.69 Å². The summed E-state index contributed by atoms with van der Waals surface area (Å²) in [6, 6.07) is 16.8. The van der Waals surface area contributed by atoms with Gasteiger partial charge in [0.1, 0.15) is 6.61 Å². The Morgan fingerprint density at radius 1 is 1.25 bits per heavy atom. The molecular weight excluding hydrogens is 304 g/mol. The van der Waals surface area contributed by atoms with Gasteiger partial charge in [-0.1, -0.05) is 42.5 Å². The highest BCUT2D eigenvalue weighted by Gasteiger charge is 2.45. The molecule has 0 spiro atoms. The molecule has 0 saturated heterocycles. The molecule has 1 fully saturated rings. The second-order valence-corrected chi connectivity index (χ2v) is 5.76. The highest BCUT2D eigenvalue weighted by Crippen LogP contribution is 2.49. The van der Waals surface area contributed by atoms with Crippen LogP contribution in [0.15, 0.2) is 54.6 Å². The molecule has 0 N–H and O–H groups in total. The number of hydrogen-bond acceptors (Lipinski definition) is 4. The van der Waals surface area contributed by atoms with Gasteiger partial charge in [-0.05, 0) is 36.1 Å². The van der Waals surface area contributed by atoms with Crippen LogP contribution in [-0.2, 0) is 5.41 Å². The van der Waals surface area contributed by atoms with Crippen LogP contribution >= 0.6 is 0 Å². The third-order valence-electron chi connectivity index (χ3n) is 4.12. The van der Waals surface area contributed by atoms with Gasteiger partial charge in [0.15, 0.2) is 5.75 Å². The van der Waals surface area contributed by atoms with Crippen molar-refractivity contribution in [3.05, 3.63) is 75.8 Å². The Balaban J connectivity index is 1.72. The maximum Gasteiger partial charge on any atom is 0.311 e. The first-order chi connectivity index (χ1) is 11.6. The monoisotopic (exact) mass is 320 g/mol. The number of ether oxygens (including phenoxy) is 1. The molecule has 120 valence electrons. The Bertz CT molecular complexity index is 818. The van der Waals surface area contributed by atoms with Crippen molar-refractivity contribution in [1.29, 1.82) is 5.26 Å². The summed E-state index contributed by atoms with van der Waals surface area (Å²) < 4.78 is 5.53. The number of nitro groups is 1. The lowest BCUT2D eigenvalue weighted by Gasteiger charge is -2.09. The van der Waals surface area contributed by atoms with Gasteiger partial charge in [-0.3, -0.25) is 10.1 Å². The average molecular weight is 320 g/mol. The second-order valence-electron chi connectivity index (χ2n) is 5.76. The fourth-order valence-electron chi connectivity index (χ4n) is 2.56. The van der Waals surface area contributed by atoms with E-state index < -0.39 is 10.3 Å². The lowest BCUT2D eigenvalue weighted by atomic mass is 9.97. The molecule has 5 heteroatoms. The van der Waals surface area contributed by atoms with E-state index in [4.69, 9.17) is 4.74 Å². The standard InChI is InChI=1S/C19H16N2O3/c20-14-19(10-11-19)16-8-9-18(17(13-16)21(22)23)24-12-4-7-15-5-2-1-3-6-15/h1-9,13H,10-12H2/b7-4+. The zero-order chi connectivity index (χ0) is 17.0. The van der Waals surface area contributed by atoms with Gasteiger partial charge in [-0.15, -0.1) is 0 Å². The Labute approximate surface area is 140 Å². The molecule has 0 radical (unpaired) electrons. The van der Waals surface area contributed by atoms with Gasteiger partial charge in [-0.2, -0.15) is 5.26 Å². The topological polar surface area (TPSA) is 76.2 Å². The molecule has 3 rings (SSSR count). The third-order valence-corrected chi connectivity index (χ3v) is 4.12. The minimum Gasteiger partial charge on any atom is -0.483 e. The second kappa shape index (κ2) is 6.55. The van der Waals surface area contributed by atoms with E-state index in [1.165, 1.54) is 6.07 Å². The van der Waals surface area contributed by atoms with Crippen LogP contribution in [0.4, 0.5) is 5.69 Å². The van der Waals surface area contributed by atoms with Crippen molar-refractivity contribution in [2.45, 2.75) is 18.3 Å². The lowest BCUT2D eigenvalue weighted by Crippen LogP contribution is -2.05. The molecule has 1 saturated carbocycles. The predicted molar refractivity (Wildman–Crippen MR) is 90.6 cm³/mol. The molecule has 1 aliphatic rings. The number of nitro benzene ring substituents is 1. The maximum atomic E-state index is 11.3. The summed E-state index contributed by atoms with van der Waals surface area (Å²) in [5.74, 6) is 0.218. The summed E-state index contributed by atoms with van der Waals surface area (Å²) in [7, 11) is 0. The predicted octanol–water partition coefficient (Wildman–Crippen LogP) is 4.24. The molecule has 0 bridgehead atoms. The summed E-state index contributed by atoms with van der Waals surface area (Å²) >= 11 is 0. The fourth-order valence-corrected chi connectivity index (χ4v) is 2.56. The van der Waals surface area contributed by atoms with Crippen molar-refractivity contribution in [2.24, 2.45) is 0 Å². The van der Waals surface area contributed by atoms with Gasteiger partial charge in [0, 0.05) is 6.07 Å². The number of nitrogens with zero attached hydrogens (tertiary/aromatic N) is 2. The minimum absolute atomic E-state index is 0.0952. The van der Waals surface area contributed by atoms with Gasteiger partial charge in [-0.25, -0.2) is 0 Å². The van der Waals surface area contributed by atoms with Crippen LogP contribution in [0.3, 0.4) is 0 Å². The number of hydrogen-bond donors (Lipinski definition) is 0. The van der Waals surface area contributed by atoms with E-state index in [0.29, 0.717) is 5.56 Å². The first-order valence-electron chi connectivity index (χ1n) is 7.69. The van der Waals surface area contributed by atoms with E-state index in [-0.39, 0.29) is 18.0 Å². The van der Waals surface area contributed by atoms with E-state index in [1.807, 2.05) is 42.5 Å². The largest absolute Gasteiger partial charge is 0.483 e. The van der Waals surface area contributed by atoms with E-state index in [9.17, 15) is 15.4 Å². The molecule has 0 unspecified atom stereocenters. The highest BCUT2D eigenvalue weighted by atomic mass is 16.6. The van der Waals surface area contributed by atoms with Crippen LogP contribution in [0.2, 0.25) is 0 Å². The molecule has 5 nitrogen and oxygen atoms in total. The molecule has 24 heavy (non-hydrogen) atoms. The van der Waals surface area contributed by atoms with E-state index >= 15 is 0 Å². The first kappa shape index (κ1) is 15.8. The summed E-state index contributed by atoms with van der Waals surface area (Å²) in [6.45, 7) is 0.235. The van der Waals surface area contributed by atoms with Gasteiger partial charge < -0.3 is 4.74 Å². The maximum absolute atomic E-state index is 11.3. The molecule has 0 aliphatic heterocycles. The minimum atomic E-state index is -0.545. The van der Waals surface area contributed by atoms with Crippen molar-refractivity contribution in [3.8, 4) is 11.8 Å². The molecule has 0 aromatic heterocycles. The summed E-state index contributed by atoms with van der Waals surface area (Å²) in [5.41, 5.74) is 1.10. The van der Waals surface area contributed by atoms with Crippen LogP contribution < -0.4 is 4.74 Å². The van der Waals surface area contributed by atoms with Crippen molar-refractivity contribution in [3.63, 3.8) is 0 Å². The van der Waals surface area contributed by atoms with Crippen LogP contribution in [0.5, 0.6) is 5.75 Å². The van der Waals surface area contributed by atoms with Crippen molar-refractivity contribution < 1.29 is 9.66 Å². The smallest absolute Gasteiger partial charge is 0.311 e. The van der Waals surface area contributed by atoms with Gasteiger partial charge in [0.05, 0.1) is 16.4 Å². The van der Waals surface area contributed by atoms with Crippen LogP contribution in [-0.4, -0.2) is 11.5 Å². The zero-order valence-corrected chi connectivity index (χ0v) is 13.0. The lowest BCUT2D eigenvalue weighted by molar-refractivity contribution is -0.385. The fraction of sp³-hybridized carbons (Fsp3) is 0.211. The van der Waals surface area contributed by atoms with E-state index in [1.54, 1.807) is 12.1 Å². The van der Waals surface area contributed by atoms with Crippen molar-refractivity contribution >= 4 is 11.8 Å². The number of nitriles is 1. The number of benzene rings is 2. The Kier molecular flexibility index (Phi) is 4.30. The quantitative estimate of drug-likeness (QED) is 0.589. The van der Waals surface area contributed by atoms with Crippen LogP contribution in [0, 0.1) is 21.4 Å². The van der Waals surface area contributed by atoms with Crippen LogP contribution in [0.25, 0.3) is 6.08 Å². The highest BCUT2D eigenvalue weighted by molar-refractivity contribution is 5.54. The third kappa shape index (κ3) is 3.28. The van der Waals surface area contributed by atoms with Crippen LogP contribution in [0.1, 0.15) is 24.0 Å². The average Bonchev–Trinajstić information content (AvgIpc) is 3.41. The summed E-state index contributed by atoms with van der Waals surface area (Å²) in [6.07, 6.45) is 5.21. The molecule has 0 atom stereocenters. The normalized spacial score (nSPS) is 15.0. The van der Waals surface area contributed by atoms with E-state index in [0.717, 1.165) is 18.4 Å². The first-order valence-corrected chi connectivity index (χ1v) is 7.69. The SMILES string of the molecule is N#CC1(c2ccc(OC/C=C/c3ccccc3)c([N+](=O)[O-])c2)CC1. The number of rotatable bonds is 6. The summed E-state index contributed by atoms with van der Waals surface area (Å²) in [5, 5.41) is 20.5. The van der Waals surface area contributed by atoms with Crippen molar-refractivity contribution in [1.82, 2.24) is 0 Å². The molecule has 2 aromatic rings. The van der Waals surface area contributed by atoms with E-state index in [2.05, 4.69) is 6.07 Å². The molecule has 1 aliphatic carbocycles. The van der Waals surface area contributed by atoms with Gasteiger partial charge in [0.25, 0.3) is 0 Å². The molecule has 0 amide bonds. The zero-order valence-electron chi connectivity index (χ0n) is 13.0. The molecule has 2 aromatic carbocycles. The Morgan fingerprint density at radius 2 is 2.00 bits per heavy atom. The Morgan fingerprint density at radius 3 is 2.62 bits per heavy atom. The molecular formula is C19H16N2O3. The Hall–Kier alpha value is -3.13. The summed E-state index contributed by atoms with van der Waals surface area (Å²) in [4.78, 5) is 10.8.